The monoisotopic (exact) mass is 384 g/mol. The number of nitrogens with one attached hydrogen (secondary N) is 1. The first-order chi connectivity index (χ1) is 13.3. The molecule has 3 N–H and O–H groups in total. The number of benzene rings is 1. The van der Waals surface area contributed by atoms with Gasteiger partial charge in [-0.05, 0) is 19.4 Å². The van der Waals surface area contributed by atoms with Crippen molar-refractivity contribution in [1.82, 2.24) is 19.6 Å². The Kier molecular flexibility index (Phi) is 6.11. The topological polar surface area (TPSA) is 96.5 Å². The number of hydrogen-bond donors (Lipinski definition) is 2. The van der Waals surface area contributed by atoms with Gasteiger partial charge in [0.1, 0.15) is 6.04 Å². The summed E-state index contributed by atoms with van der Waals surface area (Å²) >= 11 is 0. The summed E-state index contributed by atoms with van der Waals surface area (Å²) < 4.78 is 1.74. The largest absolute Gasteiger partial charge is 0.368 e. The highest BCUT2D eigenvalue weighted by atomic mass is 16.2. The van der Waals surface area contributed by atoms with E-state index in [1.807, 2.05) is 44.0 Å². The van der Waals surface area contributed by atoms with E-state index < -0.39 is 11.9 Å². The van der Waals surface area contributed by atoms with Crippen LogP contribution >= 0.6 is 0 Å². The second-order valence-corrected chi connectivity index (χ2v) is 7.33. The number of hydrogen-bond acceptors (Lipinski definition) is 5. The zero-order valence-corrected chi connectivity index (χ0v) is 16.7. The van der Waals surface area contributed by atoms with E-state index >= 15 is 0 Å². The molecule has 1 aliphatic rings. The lowest BCUT2D eigenvalue weighted by Gasteiger charge is -2.39. The van der Waals surface area contributed by atoms with Crippen molar-refractivity contribution in [3.63, 3.8) is 0 Å². The molecule has 0 radical (unpaired) electrons. The Bertz CT molecular complexity index is 848. The molecule has 1 aromatic heterocycles. The Balaban J connectivity index is 1.62. The first kappa shape index (κ1) is 20.0. The third-order valence-corrected chi connectivity index (χ3v) is 5.27. The minimum atomic E-state index is -0.487. The summed E-state index contributed by atoms with van der Waals surface area (Å²) in [7, 11) is 1.84. The van der Waals surface area contributed by atoms with E-state index in [1.54, 1.807) is 4.68 Å². The predicted octanol–water partition coefficient (Wildman–Crippen LogP) is 0.647. The lowest BCUT2D eigenvalue weighted by Crippen LogP contribution is -2.59. The molecule has 8 heteroatoms. The summed E-state index contributed by atoms with van der Waals surface area (Å²) in [6, 6.07) is 9.64. The maximum absolute atomic E-state index is 12.6. The lowest BCUT2D eigenvalue weighted by molar-refractivity contribution is -0.127. The van der Waals surface area contributed by atoms with E-state index in [-0.39, 0.29) is 12.5 Å². The van der Waals surface area contributed by atoms with Gasteiger partial charge >= 0.3 is 0 Å². The fraction of sp³-hybridized carbons (Fsp3) is 0.450. The van der Waals surface area contributed by atoms with E-state index in [4.69, 9.17) is 5.73 Å². The number of aryl methyl sites for hydroxylation is 2. The number of piperazine rings is 1. The third-order valence-electron chi connectivity index (χ3n) is 5.27. The highest BCUT2D eigenvalue weighted by molar-refractivity contribution is 5.94. The van der Waals surface area contributed by atoms with Crippen molar-refractivity contribution in [1.29, 1.82) is 0 Å². The first-order valence-corrected chi connectivity index (χ1v) is 9.45. The molecular formula is C20H28N6O2. The number of carbonyl (C=O) groups is 2. The zero-order valence-electron chi connectivity index (χ0n) is 16.7. The zero-order chi connectivity index (χ0) is 20.3. The summed E-state index contributed by atoms with van der Waals surface area (Å²) in [4.78, 5) is 28.7. The number of rotatable bonds is 6. The van der Waals surface area contributed by atoms with Crippen molar-refractivity contribution in [3.05, 3.63) is 47.3 Å². The average molecular weight is 384 g/mol. The number of amides is 2. The molecule has 1 saturated heterocycles. The van der Waals surface area contributed by atoms with Crippen LogP contribution in [0.1, 0.15) is 17.0 Å². The van der Waals surface area contributed by atoms with Gasteiger partial charge in [-0.1, -0.05) is 30.3 Å². The van der Waals surface area contributed by atoms with Gasteiger partial charge in [0.2, 0.25) is 11.8 Å². The van der Waals surface area contributed by atoms with Crippen LogP contribution in [0.2, 0.25) is 0 Å². The van der Waals surface area contributed by atoms with Crippen LogP contribution in [-0.2, 0) is 23.2 Å². The van der Waals surface area contributed by atoms with Gasteiger partial charge in [0, 0.05) is 33.2 Å². The molecule has 2 amide bonds. The number of anilines is 1. The second-order valence-electron chi connectivity index (χ2n) is 7.33. The molecule has 150 valence electrons. The standard InChI is InChI=1S/C20H28N6O2/c1-14-19(15(2)24(3)23-14)22-18(27)13-26-10-9-25(12-17(26)20(21)28)11-16-7-5-4-6-8-16/h4-8,17H,9-13H2,1-3H3,(H2,21,28)(H,22,27). The van der Waals surface area contributed by atoms with Crippen LogP contribution in [0.25, 0.3) is 0 Å². The van der Waals surface area contributed by atoms with Gasteiger partial charge in [0.25, 0.3) is 0 Å². The minimum absolute atomic E-state index is 0.126. The van der Waals surface area contributed by atoms with Gasteiger partial charge in [-0.2, -0.15) is 5.10 Å². The molecule has 1 atom stereocenters. The van der Waals surface area contributed by atoms with E-state index in [9.17, 15) is 9.59 Å². The van der Waals surface area contributed by atoms with Crippen molar-refractivity contribution in [2.75, 3.05) is 31.5 Å². The molecule has 8 nitrogen and oxygen atoms in total. The molecule has 1 unspecified atom stereocenters. The second kappa shape index (κ2) is 8.53. The van der Waals surface area contributed by atoms with E-state index in [2.05, 4.69) is 27.4 Å². The minimum Gasteiger partial charge on any atom is -0.368 e. The summed E-state index contributed by atoms with van der Waals surface area (Å²) in [6.07, 6.45) is 0. The van der Waals surface area contributed by atoms with Gasteiger partial charge in [-0.15, -0.1) is 0 Å². The maximum atomic E-state index is 12.6. The van der Waals surface area contributed by atoms with Crippen LogP contribution < -0.4 is 11.1 Å². The maximum Gasteiger partial charge on any atom is 0.238 e. The Morgan fingerprint density at radius 1 is 1.21 bits per heavy atom. The van der Waals surface area contributed by atoms with Gasteiger partial charge in [-0.3, -0.25) is 24.1 Å². The SMILES string of the molecule is Cc1nn(C)c(C)c1NC(=O)CN1CCN(Cc2ccccc2)CC1C(N)=O. The molecule has 0 spiro atoms. The molecule has 1 fully saturated rings. The number of primary amides is 1. The number of carbonyl (C=O) groups excluding carboxylic acids is 2. The van der Waals surface area contributed by atoms with Crippen LogP contribution in [-0.4, -0.2) is 63.6 Å². The van der Waals surface area contributed by atoms with Crippen molar-refractivity contribution >= 4 is 17.5 Å². The van der Waals surface area contributed by atoms with Crippen molar-refractivity contribution < 1.29 is 9.59 Å². The molecule has 0 aliphatic carbocycles. The Labute approximate surface area is 165 Å². The molecule has 2 heterocycles. The van der Waals surface area contributed by atoms with Gasteiger partial charge in [0.05, 0.1) is 23.6 Å². The normalized spacial score (nSPS) is 18.2. The first-order valence-electron chi connectivity index (χ1n) is 9.45. The van der Waals surface area contributed by atoms with Crippen LogP contribution in [0.5, 0.6) is 0 Å². The summed E-state index contributed by atoms with van der Waals surface area (Å²) in [5, 5.41) is 7.24. The molecule has 1 aromatic carbocycles. The number of nitrogens with two attached hydrogens (primary N) is 1. The predicted molar refractivity (Wildman–Crippen MR) is 108 cm³/mol. The van der Waals surface area contributed by atoms with Crippen LogP contribution in [0.3, 0.4) is 0 Å². The molecule has 1 aliphatic heterocycles. The van der Waals surface area contributed by atoms with Crippen LogP contribution in [0.4, 0.5) is 5.69 Å². The summed E-state index contributed by atoms with van der Waals surface area (Å²) in [5.41, 5.74) is 9.23. The van der Waals surface area contributed by atoms with Gasteiger partial charge in [0.15, 0.2) is 0 Å². The van der Waals surface area contributed by atoms with Crippen molar-refractivity contribution in [2.45, 2.75) is 26.4 Å². The fourth-order valence-corrected chi connectivity index (χ4v) is 3.64. The molecule has 0 saturated carbocycles. The van der Waals surface area contributed by atoms with E-state index in [0.717, 1.165) is 30.2 Å². The number of aromatic nitrogens is 2. The molecule has 28 heavy (non-hydrogen) atoms. The van der Waals surface area contributed by atoms with E-state index in [1.165, 1.54) is 5.56 Å². The Morgan fingerprint density at radius 2 is 1.93 bits per heavy atom. The van der Waals surface area contributed by atoms with Crippen molar-refractivity contribution in [3.8, 4) is 0 Å². The molecule has 0 bridgehead atoms. The number of nitrogens with zero attached hydrogens (tertiary/aromatic N) is 4. The summed E-state index contributed by atoms with van der Waals surface area (Å²) in [6.45, 7) is 6.55. The summed E-state index contributed by atoms with van der Waals surface area (Å²) in [5.74, 6) is -0.568. The van der Waals surface area contributed by atoms with Gasteiger partial charge < -0.3 is 11.1 Å². The third kappa shape index (κ3) is 4.58. The fourth-order valence-electron chi connectivity index (χ4n) is 3.64. The quantitative estimate of drug-likeness (QED) is 0.762. The van der Waals surface area contributed by atoms with E-state index in [0.29, 0.717) is 13.1 Å². The highest BCUT2D eigenvalue weighted by Gasteiger charge is 2.32. The van der Waals surface area contributed by atoms with Gasteiger partial charge in [-0.25, -0.2) is 0 Å². The van der Waals surface area contributed by atoms with Crippen molar-refractivity contribution in [2.24, 2.45) is 12.8 Å². The smallest absolute Gasteiger partial charge is 0.238 e. The Hall–Kier alpha value is -2.71. The van der Waals surface area contributed by atoms with Crippen LogP contribution in [0.15, 0.2) is 30.3 Å². The molecular weight excluding hydrogens is 356 g/mol. The van der Waals surface area contributed by atoms with Crippen LogP contribution in [0, 0.1) is 13.8 Å². The Morgan fingerprint density at radius 3 is 2.54 bits per heavy atom. The molecule has 3 rings (SSSR count). The average Bonchev–Trinajstić information content (AvgIpc) is 2.89. The lowest BCUT2D eigenvalue weighted by atomic mass is 10.1. The molecule has 2 aromatic rings. The highest BCUT2D eigenvalue weighted by Crippen LogP contribution is 2.19.